The Balaban J connectivity index is 3.88. The number of ether oxygens (including phenoxy) is 1. The van der Waals surface area contributed by atoms with E-state index in [0.29, 0.717) is 0 Å². The first kappa shape index (κ1) is 12.3. The summed E-state index contributed by atoms with van der Waals surface area (Å²) in [5, 5.41) is 8.49. The van der Waals surface area contributed by atoms with Crippen LogP contribution in [0, 0.1) is 11.3 Å². The van der Waals surface area contributed by atoms with Crippen molar-refractivity contribution in [1.29, 1.82) is 5.26 Å². The van der Waals surface area contributed by atoms with Gasteiger partial charge in [-0.3, -0.25) is 4.79 Å². The topological polar surface area (TPSA) is 90.6 Å². The van der Waals surface area contributed by atoms with Gasteiger partial charge in [0.2, 0.25) is 0 Å². The molecule has 0 heterocycles. The van der Waals surface area contributed by atoms with Gasteiger partial charge in [-0.25, -0.2) is 9.79 Å². The Morgan fingerprint density at radius 3 is 2.54 bits per heavy atom. The molecule has 0 aromatic heterocycles. The Hall–Kier alpha value is -0.690. The van der Waals surface area contributed by atoms with Crippen LogP contribution in [0.2, 0.25) is 0 Å². The zero-order valence-corrected chi connectivity index (χ0v) is 8.49. The van der Waals surface area contributed by atoms with Crippen molar-refractivity contribution in [2.75, 3.05) is 12.8 Å². The van der Waals surface area contributed by atoms with Crippen LogP contribution in [0.1, 0.15) is 13.3 Å². The molecule has 0 aromatic carbocycles. The van der Waals surface area contributed by atoms with E-state index in [1.165, 1.54) is 13.6 Å². The summed E-state index contributed by atoms with van der Waals surface area (Å²) in [6, 6.07) is 1.76. The van der Waals surface area contributed by atoms with Crippen molar-refractivity contribution in [2.45, 2.75) is 19.4 Å². The lowest BCUT2D eigenvalue weighted by Gasteiger charge is -2.10. The van der Waals surface area contributed by atoms with E-state index in [9.17, 15) is 4.79 Å². The number of hydrogen-bond donors (Lipinski definition) is 2. The zero-order valence-electron chi connectivity index (χ0n) is 7.60. The predicted octanol–water partition coefficient (Wildman–Crippen LogP) is 0.294. The van der Waals surface area contributed by atoms with Crippen LogP contribution in [0.4, 0.5) is 0 Å². The van der Waals surface area contributed by atoms with Gasteiger partial charge >= 0.3 is 5.97 Å². The summed E-state index contributed by atoms with van der Waals surface area (Å²) in [6.07, 6.45) is -0.623. The van der Waals surface area contributed by atoms with E-state index in [1.807, 2.05) is 0 Å². The van der Waals surface area contributed by atoms with Gasteiger partial charge < -0.3 is 4.74 Å². The van der Waals surface area contributed by atoms with Gasteiger partial charge in [0.05, 0.1) is 0 Å². The fourth-order valence-corrected chi connectivity index (χ4v) is 1.44. The van der Waals surface area contributed by atoms with Gasteiger partial charge in [0, 0.05) is 13.3 Å². The third kappa shape index (κ3) is 7.66. The van der Waals surface area contributed by atoms with Crippen LogP contribution < -0.4 is 0 Å². The second-order valence-corrected chi connectivity index (χ2v) is 5.45. The number of nitriles is 1. The quantitative estimate of drug-likeness (QED) is 0.509. The third-order valence-electron chi connectivity index (χ3n) is 1.27. The van der Waals surface area contributed by atoms with Crippen LogP contribution in [0.5, 0.6) is 0 Å². The smallest absolute Gasteiger partial charge is 0.303 e. The molecule has 0 aliphatic heterocycles. The molecule has 0 bridgehead atoms. The van der Waals surface area contributed by atoms with E-state index in [0.717, 1.165) is 0 Å². The number of esters is 1. The summed E-state index contributed by atoms with van der Waals surface area (Å²) in [5.74, 6) is -0.539. The van der Waals surface area contributed by atoms with Crippen molar-refractivity contribution in [3.8, 4) is 6.07 Å². The molecule has 0 fully saturated rings. The molecule has 0 saturated heterocycles. The van der Waals surface area contributed by atoms with Crippen molar-refractivity contribution in [3.05, 3.63) is 0 Å². The molecule has 0 spiro atoms. The first-order valence-corrected chi connectivity index (χ1v) is 6.05. The van der Waals surface area contributed by atoms with Crippen molar-refractivity contribution in [1.82, 2.24) is 0 Å². The van der Waals surface area contributed by atoms with Gasteiger partial charge in [-0.2, -0.15) is 5.26 Å². The molecule has 0 saturated carbocycles. The van der Waals surface area contributed by atoms with Crippen LogP contribution in [0.25, 0.3) is 0 Å². The summed E-state index contributed by atoms with van der Waals surface area (Å²) < 4.78 is 4.59. The molecule has 0 aromatic rings. The molecular formula is C7H13NO4P+. The Labute approximate surface area is 77.4 Å². The van der Waals surface area contributed by atoms with Crippen LogP contribution in [-0.2, 0) is 9.53 Å². The standard InChI is InChI=1S/C7H13NO4P/c1-6(9)12-7(5-8)3-4-13(2,10)11/h7,10-11H,3-4H2,1-2H3/q+1. The number of carbonyl (C=O) groups excluding carboxylic acids is 1. The fourth-order valence-electron chi connectivity index (χ4n) is 0.712. The van der Waals surface area contributed by atoms with E-state index in [1.54, 1.807) is 6.07 Å². The molecule has 6 heteroatoms. The largest absolute Gasteiger partial charge is 0.447 e. The van der Waals surface area contributed by atoms with E-state index >= 15 is 0 Å². The Bertz CT molecular complexity index is 218. The molecule has 74 valence electrons. The molecule has 0 rings (SSSR count). The lowest BCUT2D eigenvalue weighted by Crippen LogP contribution is -2.16. The summed E-state index contributed by atoms with van der Waals surface area (Å²) >= 11 is 0. The van der Waals surface area contributed by atoms with Gasteiger partial charge in [0.15, 0.2) is 6.10 Å². The molecule has 0 amide bonds. The number of rotatable bonds is 4. The summed E-state index contributed by atoms with van der Waals surface area (Å²) in [7, 11) is -2.87. The highest BCUT2D eigenvalue weighted by Crippen LogP contribution is 2.45. The van der Waals surface area contributed by atoms with Gasteiger partial charge in [0.1, 0.15) is 18.9 Å². The molecule has 5 nitrogen and oxygen atoms in total. The molecular weight excluding hydrogens is 193 g/mol. The van der Waals surface area contributed by atoms with Crippen LogP contribution in [0.3, 0.4) is 0 Å². The predicted molar refractivity (Wildman–Crippen MR) is 47.9 cm³/mol. The monoisotopic (exact) mass is 206 g/mol. The van der Waals surface area contributed by atoms with Gasteiger partial charge in [-0.1, -0.05) is 0 Å². The summed E-state index contributed by atoms with van der Waals surface area (Å²) in [6.45, 7) is 2.52. The van der Waals surface area contributed by atoms with E-state index < -0.39 is 19.8 Å². The average Bonchev–Trinajstić information content (AvgIpc) is 1.95. The van der Waals surface area contributed by atoms with Crippen LogP contribution in [-0.4, -0.2) is 34.7 Å². The second-order valence-electron chi connectivity index (χ2n) is 2.83. The minimum absolute atomic E-state index is 0.0957. The van der Waals surface area contributed by atoms with Gasteiger partial charge in [-0.15, -0.1) is 0 Å². The number of hydrogen-bond acceptors (Lipinski definition) is 5. The summed E-state index contributed by atoms with van der Waals surface area (Å²) in [4.78, 5) is 28.5. The molecule has 13 heavy (non-hydrogen) atoms. The molecule has 1 unspecified atom stereocenters. The zero-order chi connectivity index (χ0) is 10.5. The van der Waals surface area contributed by atoms with Crippen molar-refractivity contribution in [2.24, 2.45) is 0 Å². The number of carbonyl (C=O) groups is 1. The minimum atomic E-state index is -2.87. The maximum atomic E-state index is 10.4. The first-order valence-electron chi connectivity index (χ1n) is 3.73. The van der Waals surface area contributed by atoms with Crippen molar-refractivity contribution in [3.63, 3.8) is 0 Å². The lowest BCUT2D eigenvalue weighted by molar-refractivity contribution is -0.143. The first-order chi connectivity index (χ1) is 5.85. The maximum Gasteiger partial charge on any atom is 0.303 e. The van der Waals surface area contributed by atoms with Crippen LogP contribution in [0.15, 0.2) is 0 Å². The molecule has 2 N–H and O–H groups in total. The Morgan fingerprint density at radius 1 is 1.69 bits per heavy atom. The van der Waals surface area contributed by atoms with Crippen LogP contribution >= 0.6 is 7.72 Å². The highest BCUT2D eigenvalue weighted by atomic mass is 31.2. The third-order valence-corrected chi connectivity index (χ3v) is 2.37. The Kier molecular flexibility index (Phi) is 4.86. The minimum Gasteiger partial charge on any atom is -0.447 e. The normalized spacial score (nSPS) is 13.2. The van der Waals surface area contributed by atoms with E-state index in [4.69, 9.17) is 15.0 Å². The van der Waals surface area contributed by atoms with E-state index in [-0.39, 0.29) is 12.6 Å². The average molecular weight is 206 g/mol. The van der Waals surface area contributed by atoms with Gasteiger partial charge in [0.25, 0.3) is 7.72 Å². The maximum absolute atomic E-state index is 10.4. The van der Waals surface area contributed by atoms with Crippen molar-refractivity contribution < 1.29 is 19.3 Å². The fraction of sp³-hybridized carbons (Fsp3) is 0.714. The molecule has 0 aliphatic rings. The lowest BCUT2D eigenvalue weighted by atomic mass is 10.3. The number of nitrogens with zero attached hydrogens (tertiary/aromatic N) is 1. The second kappa shape index (κ2) is 5.13. The SMILES string of the molecule is CC(=O)OC(C#N)CC[P+](C)(O)O. The van der Waals surface area contributed by atoms with Gasteiger partial charge in [-0.05, 0) is 0 Å². The summed E-state index contributed by atoms with van der Waals surface area (Å²) in [5.41, 5.74) is 0. The highest BCUT2D eigenvalue weighted by Gasteiger charge is 2.27. The molecule has 1 atom stereocenters. The molecule has 0 radical (unpaired) electrons. The highest BCUT2D eigenvalue weighted by molar-refractivity contribution is 7.63. The van der Waals surface area contributed by atoms with E-state index in [2.05, 4.69) is 4.74 Å². The Morgan fingerprint density at radius 2 is 2.23 bits per heavy atom. The van der Waals surface area contributed by atoms with Crippen molar-refractivity contribution >= 4 is 13.7 Å². The molecule has 0 aliphatic carbocycles.